The summed E-state index contributed by atoms with van der Waals surface area (Å²) in [5.41, 5.74) is 2.16. The van der Waals surface area contributed by atoms with Crippen LogP contribution in [0.1, 0.15) is 48.1 Å². The fourth-order valence-corrected chi connectivity index (χ4v) is 3.63. The fraction of sp³-hybridized carbons (Fsp3) is 0.632. The molecule has 1 aliphatic rings. The minimum Gasteiger partial charge on any atom is -0.343 e. The molecule has 6 heteroatoms. The molecular formula is C19H28N4O2. The Morgan fingerprint density at radius 2 is 2.04 bits per heavy atom. The molecule has 1 aliphatic heterocycles. The van der Waals surface area contributed by atoms with Crippen molar-refractivity contribution in [2.24, 2.45) is 5.92 Å². The molecule has 0 spiro atoms. The summed E-state index contributed by atoms with van der Waals surface area (Å²) in [4.78, 5) is 29.0. The number of aryl methyl sites for hydroxylation is 1. The van der Waals surface area contributed by atoms with E-state index in [-0.39, 0.29) is 17.0 Å². The summed E-state index contributed by atoms with van der Waals surface area (Å²) in [5.74, 6) is 0.869. The highest BCUT2D eigenvalue weighted by Gasteiger charge is 2.22. The van der Waals surface area contributed by atoms with Gasteiger partial charge in [0.1, 0.15) is 11.6 Å². The quantitative estimate of drug-likeness (QED) is 0.821. The fourth-order valence-electron chi connectivity index (χ4n) is 3.63. The maximum absolute atomic E-state index is 12.5. The van der Waals surface area contributed by atoms with Crippen molar-refractivity contribution in [2.75, 3.05) is 26.7 Å². The highest BCUT2D eigenvalue weighted by atomic mass is 16.2. The number of hydrogen-bond donors (Lipinski definition) is 2. The zero-order chi connectivity index (χ0) is 18.4. The summed E-state index contributed by atoms with van der Waals surface area (Å²) in [6.07, 6.45) is 4.29. The van der Waals surface area contributed by atoms with Crippen molar-refractivity contribution in [3.05, 3.63) is 32.7 Å². The summed E-state index contributed by atoms with van der Waals surface area (Å²) in [6, 6.07) is 1.96. The lowest BCUT2D eigenvalue weighted by Gasteiger charge is -2.32. The van der Waals surface area contributed by atoms with Crippen LogP contribution in [-0.4, -0.2) is 42.5 Å². The van der Waals surface area contributed by atoms with Crippen LogP contribution in [0.4, 0.5) is 0 Å². The van der Waals surface area contributed by atoms with Crippen LogP contribution in [0.2, 0.25) is 0 Å². The monoisotopic (exact) mass is 344 g/mol. The first-order valence-corrected chi connectivity index (χ1v) is 9.02. The number of aromatic nitrogens is 1. The van der Waals surface area contributed by atoms with Gasteiger partial charge in [-0.05, 0) is 70.2 Å². The van der Waals surface area contributed by atoms with Gasteiger partial charge in [0, 0.05) is 25.2 Å². The molecule has 0 bridgehead atoms. The third kappa shape index (κ3) is 4.70. The van der Waals surface area contributed by atoms with Crippen molar-refractivity contribution >= 4 is 5.91 Å². The van der Waals surface area contributed by atoms with Crippen molar-refractivity contribution in [1.29, 1.82) is 5.26 Å². The van der Waals surface area contributed by atoms with Gasteiger partial charge in [0.05, 0.1) is 0 Å². The largest absolute Gasteiger partial charge is 0.343 e. The van der Waals surface area contributed by atoms with Crippen molar-refractivity contribution < 1.29 is 4.79 Å². The van der Waals surface area contributed by atoms with Crippen LogP contribution >= 0.6 is 0 Å². The highest BCUT2D eigenvalue weighted by molar-refractivity contribution is 5.76. The van der Waals surface area contributed by atoms with Crippen LogP contribution in [0.15, 0.2) is 4.79 Å². The van der Waals surface area contributed by atoms with Crippen LogP contribution in [0, 0.1) is 31.1 Å². The summed E-state index contributed by atoms with van der Waals surface area (Å²) in [5, 5.41) is 12.3. The molecule has 2 rings (SSSR count). The van der Waals surface area contributed by atoms with E-state index in [1.54, 1.807) is 6.92 Å². The Balaban J connectivity index is 1.93. The average molecular weight is 344 g/mol. The van der Waals surface area contributed by atoms with Crippen LogP contribution in [0.3, 0.4) is 0 Å². The van der Waals surface area contributed by atoms with Crippen LogP contribution in [0.25, 0.3) is 0 Å². The number of piperidine rings is 1. The lowest BCUT2D eigenvalue weighted by Crippen LogP contribution is -2.39. The molecule has 136 valence electrons. The van der Waals surface area contributed by atoms with E-state index in [0.29, 0.717) is 24.3 Å². The molecule has 0 aromatic carbocycles. The van der Waals surface area contributed by atoms with Gasteiger partial charge in [-0.3, -0.25) is 9.59 Å². The molecule has 2 heterocycles. The maximum Gasteiger partial charge on any atom is 0.266 e. The van der Waals surface area contributed by atoms with E-state index >= 15 is 0 Å². The van der Waals surface area contributed by atoms with E-state index in [0.717, 1.165) is 43.7 Å². The van der Waals surface area contributed by atoms with Crippen molar-refractivity contribution in [1.82, 2.24) is 15.2 Å². The van der Waals surface area contributed by atoms with E-state index in [9.17, 15) is 9.59 Å². The molecule has 1 amide bonds. The van der Waals surface area contributed by atoms with Crippen LogP contribution < -0.4 is 10.9 Å². The van der Waals surface area contributed by atoms with E-state index in [4.69, 9.17) is 5.26 Å². The number of hydrogen-bond acceptors (Lipinski definition) is 4. The number of nitriles is 1. The maximum atomic E-state index is 12.5. The molecule has 1 aromatic rings. The van der Waals surface area contributed by atoms with Gasteiger partial charge in [-0.1, -0.05) is 0 Å². The van der Waals surface area contributed by atoms with E-state index in [1.807, 2.05) is 24.9 Å². The molecule has 2 N–H and O–H groups in total. The predicted octanol–water partition coefficient (Wildman–Crippen LogP) is 1.64. The number of nitrogens with one attached hydrogen (secondary N) is 2. The summed E-state index contributed by atoms with van der Waals surface area (Å²) in [6.45, 7) is 6.31. The zero-order valence-electron chi connectivity index (χ0n) is 15.4. The molecule has 1 fully saturated rings. The molecular weight excluding hydrogens is 316 g/mol. The molecule has 25 heavy (non-hydrogen) atoms. The number of nitrogens with zero attached hydrogens (tertiary/aromatic N) is 2. The Kier molecular flexibility index (Phi) is 6.77. The van der Waals surface area contributed by atoms with Gasteiger partial charge in [0.25, 0.3) is 5.56 Å². The molecule has 0 radical (unpaired) electrons. The lowest BCUT2D eigenvalue weighted by molar-refractivity contribution is -0.132. The van der Waals surface area contributed by atoms with Gasteiger partial charge in [-0.25, -0.2) is 0 Å². The number of carbonyl (C=O) groups is 1. The number of aromatic amines is 1. The van der Waals surface area contributed by atoms with Crippen LogP contribution in [0.5, 0.6) is 0 Å². The molecule has 0 saturated carbocycles. The minimum atomic E-state index is -0.351. The Morgan fingerprint density at radius 3 is 2.64 bits per heavy atom. The Bertz CT molecular complexity index is 709. The predicted molar refractivity (Wildman–Crippen MR) is 97.4 cm³/mol. The lowest BCUT2D eigenvalue weighted by atomic mass is 9.93. The first kappa shape index (κ1) is 19.2. The molecule has 0 aliphatic carbocycles. The molecule has 1 saturated heterocycles. The van der Waals surface area contributed by atoms with Gasteiger partial charge >= 0.3 is 0 Å². The number of likely N-dealkylation sites (tertiary alicyclic amines) is 1. The zero-order valence-corrected chi connectivity index (χ0v) is 15.4. The minimum absolute atomic E-state index is 0.151. The second-order valence-corrected chi connectivity index (χ2v) is 6.89. The van der Waals surface area contributed by atoms with E-state index in [2.05, 4.69) is 10.3 Å². The second kappa shape index (κ2) is 8.82. The van der Waals surface area contributed by atoms with Gasteiger partial charge in [-0.15, -0.1) is 0 Å². The van der Waals surface area contributed by atoms with E-state index < -0.39 is 0 Å². The first-order valence-electron chi connectivity index (χ1n) is 9.02. The number of pyridine rings is 1. The van der Waals surface area contributed by atoms with Gasteiger partial charge < -0.3 is 15.2 Å². The van der Waals surface area contributed by atoms with Crippen molar-refractivity contribution in [2.45, 2.75) is 46.0 Å². The molecule has 0 atom stereocenters. The second-order valence-electron chi connectivity index (χ2n) is 6.89. The third-order valence-electron chi connectivity index (χ3n) is 5.28. The molecule has 6 nitrogen and oxygen atoms in total. The Hall–Kier alpha value is -2.13. The van der Waals surface area contributed by atoms with Gasteiger partial charge in [0.15, 0.2) is 0 Å². The topological polar surface area (TPSA) is 89.0 Å². The SMILES string of the molecule is CNCCC1CCN(C(=O)CCc2c(C)[nH]c(=O)c(C#N)c2C)CC1. The smallest absolute Gasteiger partial charge is 0.266 e. The molecule has 0 unspecified atom stereocenters. The summed E-state index contributed by atoms with van der Waals surface area (Å²) in [7, 11) is 1.97. The van der Waals surface area contributed by atoms with Gasteiger partial charge in [0.2, 0.25) is 5.91 Å². The number of H-pyrrole nitrogens is 1. The number of carbonyl (C=O) groups excluding carboxylic acids is 1. The molecule has 1 aromatic heterocycles. The Labute approximate surface area is 149 Å². The van der Waals surface area contributed by atoms with E-state index in [1.165, 1.54) is 6.42 Å². The number of rotatable bonds is 6. The summed E-state index contributed by atoms with van der Waals surface area (Å²) >= 11 is 0. The standard InChI is InChI=1S/C19H28N4O2/c1-13-16(14(2)22-19(25)17(13)12-20)4-5-18(24)23-10-7-15(8-11-23)6-9-21-3/h15,21H,4-11H2,1-3H3,(H,22,25). The van der Waals surface area contributed by atoms with Crippen molar-refractivity contribution in [3.8, 4) is 6.07 Å². The number of amides is 1. The Morgan fingerprint density at radius 1 is 1.36 bits per heavy atom. The first-order chi connectivity index (χ1) is 12.0. The summed E-state index contributed by atoms with van der Waals surface area (Å²) < 4.78 is 0. The third-order valence-corrected chi connectivity index (χ3v) is 5.28. The van der Waals surface area contributed by atoms with Crippen molar-refractivity contribution in [3.63, 3.8) is 0 Å². The normalized spacial score (nSPS) is 15.2. The highest BCUT2D eigenvalue weighted by Crippen LogP contribution is 2.21. The van der Waals surface area contributed by atoms with Gasteiger partial charge in [-0.2, -0.15) is 5.26 Å². The average Bonchev–Trinajstić information content (AvgIpc) is 2.60. The van der Waals surface area contributed by atoms with Crippen LogP contribution in [-0.2, 0) is 11.2 Å².